The second-order valence-corrected chi connectivity index (χ2v) is 8.02. The van der Waals surface area contributed by atoms with E-state index in [9.17, 15) is 14.0 Å². The highest BCUT2D eigenvalue weighted by atomic mass is 19.1. The van der Waals surface area contributed by atoms with E-state index in [0.29, 0.717) is 31.1 Å². The van der Waals surface area contributed by atoms with Crippen LogP contribution in [0.25, 0.3) is 6.08 Å². The number of likely N-dealkylation sites (tertiary alicyclic amines) is 1. The molecule has 6 heteroatoms. The molecule has 0 atom stereocenters. The summed E-state index contributed by atoms with van der Waals surface area (Å²) in [6.45, 7) is 7.47. The molecule has 0 bridgehead atoms. The molecule has 0 aliphatic carbocycles. The molecule has 1 aliphatic rings. The molecule has 0 unspecified atom stereocenters. The first kappa shape index (κ1) is 20.9. The van der Waals surface area contributed by atoms with E-state index in [0.717, 1.165) is 12.8 Å². The van der Waals surface area contributed by atoms with E-state index in [2.05, 4.69) is 0 Å². The van der Waals surface area contributed by atoms with Gasteiger partial charge in [0.15, 0.2) is 0 Å². The number of benzene rings is 1. The molecule has 0 aromatic heterocycles. The standard InChI is InChI=1S/C21H29FN2O3/c1-21(2,3)27-20(26)23(4)15-17-10-12-24(13-11-17)19(25)9-8-16-6-5-7-18(22)14-16/h5-9,14,17H,10-13,15H2,1-4H3. The zero-order valence-corrected chi connectivity index (χ0v) is 16.6. The number of nitrogens with zero attached hydrogens (tertiary/aromatic N) is 2. The Morgan fingerprint density at radius 2 is 1.96 bits per heavy atom. The molecule has 1 aliphatic heterocycles. The monoisotopic (exact) mass is 376 g/mol. The zero-order chi connectivity index (χ0) is 20.0. The van der Waals surface area contributed by atoms with Crippen molar-refractivity contribution in [3.05, 3.63) is 41.7 Å². The molecule has 1 fully saturated rings. The summed E-state index contributed by atoms with van der Waals surface area (Å²) in [6.07, 6.45) is 4.48. The molecule has 0 saturated carbocycles. The Balaban J connectivity index is 1.79. The lowest BCUT2D eigenvalue weighted by Gasteiger charge is -2.34. The fraction of sp³-hybridized carbons (Fsp3) is 0.524. The number of carbonyl (C=O) groups excluding carboxylic acids is 2. The number of ether oxygens (including phenoxy) is 1. The quantitative estimate of drug-likeness (QED) is 0.748. The minimum atomic E-state index is -0.505. The van der Waals surface area contributed by atoms with Crippen molar-refractivity contribution in [1.29, 1.82) is 0 Å². The van der Waals surface area contributed by atoms with Crippen LogP contribution in [0.1, 0.15) is 39.2 Å². The number of amides is 2. The van der Waals surface area contributed by atoms with Crippen LogP contribution in [0, 0.1) is 11.7 Å². The van der Waals surface area contributed by atoms with Gasteiger partial charge in [-0.15, -0.1) is 0 Å². The van der Waals surface area contributed by atoms with E-state index in [1.165, 1.54) is 18.2 Å². The predicted octanol–water partition coefficient (Wildman–Crippen LogP) is 3.94. The van der Waals surface area contributed by atoms with Gasteiger partial charge in [0.2, 0.25) is 5.91 Å². The fourth-order valence-electron chi connectivity index (χ4n) is 3.02. The van der Waals surface area contributed by atoms with Crippen molar-refractivity contribution in [3.63, 3.8) is 0 Å². The lowest BCUT2D eigenvalue weighted by molar-refractivity contribution is -0.127. The second kappa shape index (κ2) is 9.02. The van der Waals surface area contributed by atoms with Crippen molar-refractivity contribution in [2.75, 3.05) is 26.7 Å². The van der Waals surface area contributed by atoms with Crippen molar-refractivity contribution < 1.29 is 18.7 Å². The largest absolute Gasteiger partial charge is 0.444 e. The summed E-state index contributed by atoms with van der Waals surface area (Å²) in [5.74, 6) is -0.0449. The summed E-state index contributed by atoms with van der Waals surface area (Å²) < 4.78 is 18.5. The maximum atomic E-state index is 13.2. The SMILES string of the molecule is CN(CC1CCN(C(=O)C=Cc2cccc(F)c2)CC1)C(=O)OC(C)(C)C. The Morgan fingerprint density at radius 3 is 2.56 bits per heavy atom. The molecule has 27 heavy (non-hydrogen) atoms. The highest BCUT2D eigenvalue weighted by Crippen LogP contribution is 2.20. The Hall–Kier alpha value is -2.37. The molecule has 2 rings (SSSR count). The summed E-state index contributed by atoms with van der Waals surface area (Å²) >= 11 is 0. The Bertz CT molecular complexity index is 689. The van der Waals surface area contributed by atoms with E-state index >= 15 is 0 Å². The molecule has 5 nitrogen and oxygen atoms in total. The second-order valence-electron chi connectivity index (χ2n) is 8.02. The number of rotatable bonds is 4. The molecule has 2 amide bonds. The van der Waals surface area contributed by atoms with Gasteiger partial charge in [0.1, 0.15) is 11.4 Å². The topological polar surface area (TPSA) is 49.9 Å². The summed E-state index contributed by atoms with van der Waals surface area (Å²) in [7, 11) is 1.74. The number of carbonyl (C=O) groups is 2. The minimum absolute atomic E-state index is 0.0711. The van der Waals surface area contributed by atoms with Gasteiger partial charge in [0.25, 0.3) is 0 Å². The van der Waals surface area contributed by atoms with Crippen LogP contribution in [-0.4, -0.2) is 54.1 Å². The Morgan fingerprint density at radius 1 is 1.30 bits per heavy atom. The van der Waals surface area contributed by atoms with Crippen molar-refractivity contribution in [3.8, 4) is 0 Å². The summed E-state index contributed by atoms with van der Waals surface area (Å²) in [4.78, 5) is 27.8. The first-order valence-electron chi connectivity index (χ1n) is 9.31. The average Bonchev–Trinajstić information content (AvgIpc) is 2.59. The maximum absolute atomic E-state index is 13.2. The van der Waals surface area contributed by atoms with E-state index < -0.39 is 5.60 Å². The van der Waals surface area contributed by atoms with Crippen LogP contribution in [0.2, 0.25) is 0 Å². The highest BCUT2D eigenvalue weighted by molar-refractivity contribution is 5.91. The molecular formula is C21H29FN2O3. The third-order valence-electron chi connectivity index (χ3n) is 4.43. The van der Waals surface area contributed by atoms with Gasteiger partial charge in [-0.2, -0.15) is 0 Å². The average molecular weight is 376 g/mol. The summed E-state index contributed by atoms with van der Waals surface area (Å²) in [5.41, 5.74) is 0.159. The van der Waals surface area contributed by atoms with Gasteiger partial charge in [0, 0.05) is 32.8 Å². The van der Waals surface area contributed by atoms with Crippen LogP contribution < -0.4 is 0 Å². The lowest BCUT2D eigenvalue weighted by Crippen LogP contribution is -2.42. The van der Waals surface area contributed by atoms with Gasteiger partial charge >= 0.3 is 6.09 Å². The van der Waals surface area contributed by atoms with Crippen LogP contribution >= 0.6 is 0 Å². The van der Waals surface area contributed by atoms with E-state index in [1.807, 2.05) is 20.8 Å². The van der Waals surface area contributed by atoms with Gasteiger partial charge in [-0.25, -0.2) is 9.18 Å². The zero-order valence-electron chi connectivity index (χ0n) is 16.6. The molecule has 1 aromatic rings. The van der Waals surface area contributed by atoms with Crippen LogP contribution in [-0.2, 0) is 9.53 Å². The first-order chi connectivity index (χ1) is 12.6. The third kappa shape index (κ3) is 7.04. The van der Waals surface area contributed by atoms with E-state index in [4.69, 9.17) is 4.74 Å². The molecule has 1 saturated heterocycles. The first-order valence-corrected chi connectivity index (χ1v) is 9.31. The Kier molecular flexibility index (Phi) is 6.99. The number of halogens is 1. The maximum Gasteiger partial charge on any atom is 0.410 e. The van der Waals surface area contributed by atoms with Gasteiger partial charge in [-0.1, -0.05) is 12.1 Å². The van der Waals surface area contributed by atoms with Crippen LogP contribution in [0.4, 0.5) is 9.18 Å². The van der Waals surface area contributed by atoms with Crippen molar-refractivity contribution in [2.45, 2.75) is 39.2 Å². The molecule has 1 heterocycles. The summed E-state index contributed by atoms with van der Waals surface area (Å²) in [5, 5.41) is 0. The minimum Gasteiger partial charge on any atom is -0.444 e. The molecule has 0 spiro atoms. The normalized spacial score (nSPS) is 15.8. The van der Waals surface area contributed by atoms with E-state index in [-0.39, 0.29) is 17.8 Å². The van der Waals surface area contributed by atoms with Gasteiger partial charge < -0.3 is 14.5 Å². The molecular weight excluding hydrogens is 347 g/mol. The van der Waals surface area contributed by atoms with Gasteiger partial charge in [-0.3, -0.25) is 4.79 Å². The highest BCUT2D eigenvalue weighted by Gasteiger charge is 2.26. The smallest absolute Gasteiger partial charge is 0.410 e. The van der Waals surface area contributed by atoms with Crippen LogP contribution in [0.15, 0.2) is 30.3 Å². The number of hydrogen-bond donors (Lipinski definition) is 0. The van der Waals surface area contributed by atoms with Gasteiger partial charge in [0.05, 0.1) is 0 Å². The third-order valence-corrected chi connectivity index (χ3v) is 4.43. The van der Waals surface area contributed by atoms with Gasteiger partial charge in [-0.05, 0) is 63.3 Å². The fourth-order valence-corrected chi connectivity index (χ4v) is 3.02. The Labute approximate surface area is 160 Å². The molecule has 0 radical (unpaired) electrons. The molecule has 1 aromatic carbocycles. The lowest BCUT2D eigenvalue weighted by atomic mass is 9.96. The van der Waals surface area contributed by atoms with Crippen molar-refractivity contribution in [2.24, 2.45) is 5.92 Å². The predicted molar refractivity (Wildman–Crippen MR) is 104 cm³/mol. The summed E-state index contributed by atoms with van der Waals surface area (Å²) in [6, 6.07) is 6.14. The van der Waals surface area contributed by atoms with E-state index in [1.54, 1.807) is 35.1 Å². The number of hydrogen-bond acceptors (Lipinski definition) is 3. The molecule has 0 N–H and O–H groups in total. The van der Waals surface area contributed by atoms with Crippen LogP contribution in [0.3, 0.4) is 0 Å². The van der Waals surface area contributed by atoms with Crippen molar-refractivity contribution in [1.82, 2.24) is 9.80 Å². The number of piperidine rings is 1. The molecule has 148 valence electrons. The van der Waals surface area contributed by atoms with Crippen LogP contribution in [0.5, 0.6) is 0 Å². The van der Waals surface area contributed by atoms with Crippen molar-refractivity contribution >= 4 is 18.1 Å².